The zero-order valence-electron chi connectivity index (χ0n) is 12.0. The Hall–Kier alpha value is -2.14. The Bertz CT molecular complexity index is 660. The van der Waals surface area contributed by atoms with E-state index in [1.807, 2.05) is 36.2 Å². The molecule has 0 fully saturated rings. The first-order valence-electron chi connectivity index (χ1n) is 6.45. The first-order chi connectivity index (χ1) is 10.0. The van der Waals surface area contributed by atoms with Crippen LogP contribution in [0.3, 0.4) is 0 Å². The van der Waals surface area contributed by atoms with Gasteiger partial charge in [-0.05, 0) is 30.3 Å². The molecule has 0 aliphatic heterocycles. The number of methoxy groups -OCH3 is 1. The van der Waals surface area contributed by atoms with Gasteiger partial charge in [-0.15, -0.1) is 0 Å². The lowest BCUT2D eigenvalue weighted by Gasteiger charge is -2.22. The molecule has 2 N–H and O–H groups in total. The van der Waals surface area contributed by atoms with Crippen molar-refractivity contribution in [1.29, 1.82) is 0 Å². The van der Waals surface area contributed by atoms with Crippen LogP contribution >= 0.6 is 12.2 Å². The number of nitrogens with two attached hydrogens (primary N) is 1. The molecule has 2 rings (SSSR count). The Balaban J connectivity index is 2.29. The van der Waals surface area contributed by atoms with Crippen LogP contribution in [-0.2, 0) is 6.54 Å². The van der Waals surface area contributed by atoms with Crippen LogP contribution in [0.25, 0.3) is 0 Å². The van der Waals surface area contributed by atoms with Gasteiger partial charge in [-0.3, -0.25) is 0 Å². The molecule has 21 heavy (non-hydrogen) atoms. The number of thiocarbonyl (C=S) groups is 1. The first-order valence-corrected chi connectivity index (χ1v) is 6.86. The van der Waals surface area contributed by atoms with Crippen LogP contribution in [0, 0.1) is 5.82 Å². The van der Waals surface area contributed by atoms with E-state index in [4.69, 9.17) is 22.7 Å². The normalized spacial score (nSPS) is 10.2. The molecule has 0 amide bonds. The van der Waals surface area contributed by atoms with Crippen molar-refractivity contribution in [2.45, 2.75) is 6.54 Å². The molecule has 0 aliphatic carbocycles. The molecule has 0 saturated carbocycles. The van der Waals surface area contributed by atoms with Crippen molar-refractivity contribution in [3.63, 3.8) is 0 Å². The van der Waals surface area contributed by atoms with Crippen molar-refractivity contribution in [2.75, 3.05) is 19.1 Å². The van der Waals surface area contributed by atoms with Crippen molar-refractivity contribution >= 4 is 22.9 Å². The number of ether oxygens (including phenoxy) is 1. The molecule has 0 bridgehead atoms. The Morgan fingerprint density at radius 3 is 2.67 bits per heavy atom. The molecule has 2 aromatic carbocycles. The van der Waals surface area contributed by atoms with E-state index in [0.717, 1.165) is 11.4 Å². The summed E-state index contributed by atoms with van der Waals surface area (Å²) in [7, 11) is 3.49. The smallest absolute Gasteiger partial charge is 0.142 e. The van der Waals surface area contributed by atoms with E-state index in [9.17, 15) is 4.39 Å². The largest absolute Gasteiger partial charge is 0.495 e. The third-order valence-electron chi connectivity index (χ3n) is 3.23. The van der Waals surface area contributed by atoms with Gasteiger partial charge in [-0.1, -0.05) is 24.4 Å². The molecule has 0 aromatic heterocycles. The zero-order chi connectivity index (χ0) is 15.4. The highest BCUT2D eigenvalue weighted by molar-refractivity contribution is 7.80. The molecule has 0 radical (unpaired) electrons. The van der Waals surface area contributed by atoms with E-state index in [2.05, 4.69) is 0 Å². The highest BCUT2D eigenvalue weighted by Gasteiger charge is 2.11. The van der Waals surface area contributed by atoms with Gasteiger partial charge >= 0.3 is 0 Å². The number of anilines is 1. The summed E-state index contributed by atoms with van der Waals surface area (Å²) in [5.74, 6) is 0.461. The molecular weight excluding hydrogens is 287 g/mol. The average Bonchev–Trinajstić information content (AvgIpc) is 2.49. The summed E-state index contributed by atoms with van der Waals surface area (Å²) >= 11 is 4.93. The van der Waals surface area contributed by atoms with Crippen LogP contribution in [0.1, 0.15) is 11.1 Å². The monoisotopic (exact) mass is 304 g/mol. The summed E-state index contributed by atoms with van der Waals surface area (Å²) in [6, 6.07) is 12.3. The summed E-state index contributed by atoms with van der Waals surface area (Å²) in [6.45, 7) is 0.392. The van der Waals surface area contributed by atoms with Gasteiger partial charge in [0.2, 0.25) is 0 Å². The number of benzene rings is 2. The second-order valence-electron chi connectivity index (χ2n) is 4.70. The van der Waals surface area contributed by atoms with Gasteiger partial charge in [0.1, 0.15) is 16.6 Å². The quantitative estimate of drug-likeness (QED) is 0.862. The van der Waals surface area contributed by atoms with Gasteiger partial charge in [-0.2, -0.15) is 0 Å². The van der Waals surface area contributed by atoms with E-state index in [0.29, 0.717) is 17.7 Å². The van der Waals surface area contributed by atoms with Gasteiger partial charge in [0.15, 0.2) is 0 Å². The predicted molar refractivity (Wildman–Crippen MR) is 87.4 cm³/mol. The summed E-state index contributed by atoms with van der Waals surface area (Å²) in [6.07, 6.45) is 0. The number of nitrogens with zero attached hydrogens (tertiary/aromatic N) is 1. The van der Waals surface area contributed by atoms with E-state index in [-0.39, 0.29) is 10.8 Å². The molecule has 110 valence electrons. The Morgan fingerprint density at radius 1 is 1.29 bits per heavy atom. The SMILES string of the molecule is COc1ccccc1N(C)Cc1cc(C(N)=S)ccc1F. The van der Waals surface area contributed by atoms with Crippen LogP contribution < -0.4 is 15.4 Å². The lowest BCUT2D eigenvalue weighted by atomic mass is 10.1. The van der Waals surface area contributed by atoms with Crippen LogP contribution in [-0.4, -0.2) is 19.1 Å². The van der Waals surface area contributed by atoms with Crippen molar-refractivity contribution in [3.05, 3.63) is 59.4 Å². The number of rotatable bonds is 5. The molecule has 0 saturated heterocycles. The summed E-state index contributed by atoms with van der Waals surface area (Å²) in [5, 5.41) is 0. The molecule has 0 spiro atoms. The van der Waals surface area contributed by atoms with Gasteiger partial charge in [0.05, 0.1) is 12.8 Å². The molecule has 2 aromatic rings. The summed E-state index contributed by atoms with van der Waals surface area (Å²) in [4.78, 5) is 2.18. The van der Waals surface area contributed by atoms with Crippen molar-refractivity contribution in [2.24, 2.45) is 5.73 Å². The topological polar surface area (TPSA) is 38.5 Å². The van der Waals surface area contributed by atoms with Crippen LogP contribution in [0.4, 0.5) is 10.1 Å². The van der Waals surface area contributed by atoms with E-state index >= 15 is 0 Å². The highest BCUT2D eigenvalue weighted by Crippen LogP contribution is 2.28. The maximum Gasteiger partial charge on any atom is 0.142 e. The second-order valence-corrected chi connectivity index (χ2v) is 5.14. The number of halogens is 1. The Kier molecular flexibility index (Phi) is 4.75. The van der Waals surface area contributed by atoms with E-state index in [1.54, 1.807) is 19.2 Å². The molecule has 0 heterocycles. The minimum atomic E-state index is -0.281. The van der Waals surface area contributed by atoms with Crippen LogP contribution in [0.5, 0.6) is 5.75 Å². The maximum absolute atomic E-state index is 13.9. The Morgan fingerprint density at radius 2 is 2.00 bits per heavy atom. The van der Waals surface area contributed by atoms with E-state index in [1.165, 1.54) is 6.07 Å². The fraction of sp³-hybridized carbons (Fsp3) is 0.188. The van der Waals surface area contributed by atoms with Crippen LogP contribution in [0.2, 0.25) is 0 Å². The molecule has 0 atom stereocenters. The average molecular weight is 304 g/mol. The standard InChI is InChI=1S/C16H17FN2OS/c1-19(14-5-3-4-6-15(14)20-2)10-12-9-11(16(18)21)7-8-13(12)17/h3-9H,10H2,1-2H3,(H2,18,21). The lowest BCUT2D eigenvalue weighted by molar-refractivity contribution is 0.414. The predicted octanol–water partition coefficient (Wildman–Crippen LogP) is 3.10. The summed E-state index contributed by atoms with van der Waals surface area (Å²) in [5.41, 5.74) is 7.68. The second kappa shape index (κ2) is 6.54. The summed E-state index contributed by atoms with van der Waals surface area (Å²) < 4.78 is 19.3. The van der Waals surface area contributed by atoms with Crippen molar-refractivity contribution in [3.8, 4) is 5.75 Å². The fourth-order valence-corrected chi connectivity index (χ4v) is 2.26. The number of hydrogen-bond donors (Lipinski definition) is 1. The molecule has 5 heteroatoms. The van der Waals surface area contributed by atoms with E-state index < -0.39 is 0 Å². The first kappa shape index (κ1) is 15.3. The van der Waals surface area contributed by atoms with Crippen LogP contribution in [0.15, 0.2) is 42.5 Å². The zero-order valence-corrected chi connectivity index (χ0v) is 12.8. The minimum absolute atomic E-state index is 0.260. The minimum Gasteiger partial charge on any atom is -0.495 e. The number of para-hydroxylation sites is 2. The third kappa shape index (κ3) is 3.49. The molecule has 0 unspecified atom stereocenters. The van der Waals surface area contributed by atoms with Crippen molar-refractivity contribution in [1.82, 2.24) is 0 Å². The van der Waals surface area contributed by atoms with Gasteiger partial charge in [-0.25, -0.2) is 4.39 Å². The molecule has 3 nitrogen and oxygen atoms in total. The van der Waals surface area contributed by atoms with Crippen molar-refractivity contribution < 1.29 is 9.13 Å². The number of hydrogen-bond acceptors (Lipinski definition) is 3. The maximum atomic E-state index is 13.9. The lowest BCUT2D eigenvalue weighted by Crippen LogP contribution is -2.19. The van der Waals surface area contributed by atoms with Gasteiger partial charge < -0.3 is 15.4 Å². The molecular formula is C16H17FN2OS. The van der Waals surface area contributed by atoms with Gasteiger partial charge in [0, 0.05) is 24.7 Å². The Labute approximate surface area is 129 Å². The highest BCUT2D eigenvalue weighted by atomic mass is 32.1. The third-order valence-corrected chi connectivity index (χ3v) is 3.47. The fourth-order valence-electron chi connectivity index (χ4n) is 2.13. The molecule has 0 aliphatic rings. The van der Waals surface area contributed by atoms with Gasteiger partial charge in [0.25, 0.3) is 0 Å².